The van der Waals surface area contributed by atoms with Crippen LogP contribution in [0.3, 0.4) is 0 Å². The molecule has 0 aliphatic heterocycles. The molecule has 4 heteroatoms. The highest BCUT2D eigenvalue weighted by Gasteiger charge is 2.25. The lowest BCUT2D eigenvalue weighted by molar-refractivity contribution is -0.123. The Morgan fingerprint density at radius 1 is 1.07 bits per heavy atom. The molecule has 0 aromatic rings. The van der Waals surface area contributed by atoms with Crippen LogP contribution in [-0.2, 0) is 4.79 Å². The molecule has 14 heavy (non-hydrogen) atoms. The minimum Gasteiger partial charge on any atom is -0.367 e. The molecule has 0 rings (SSSR count). The molecule has 4 nitrogen and oxygen atoms in total. The van der Waals surface area contributed by atoms with E-state index in [9.17, 15) is 4.79 Å². The van der Waals surface area contributed by atoms with E-state index in [1.54, 1.807) is 0 Å². The molecule has 0 fully saturated rings. The lowest BCUT2D eigenvalue weighted by Gasteiger charge is -2.19. The first-order valence-corrected chi connectivity index (χ1v) is 5.38. The van der Waals surface area contributed by atoms with E-state index in [1.807, 2.05) is 0 Å². The van der Waals surface area contributed by atoms with Crippen molar-refractivity contribution in [3.63, 3.8) is 0 Å². The highest BCUT2D eigenvalue weighted by Crippen LogP contribution is 2.10. The molecule has 0 aliphatic rings. The normalized spacial score (nSPS) is 11.6. The summed E-state index contributed by atoms with van der Waals surface area (Å²) in [5.74, 6) is -0.619. The predicted octanol–water partition coefficient (Wildman–Crippen LogP) is 0.836. The monoisotopic (exact) mass is 201 g/mol. The third-order valence-electron chi connectivity index (χ3n) is 2.40. The Balaban J connectivity index is 3.40. The van der Waals surface area contributed by atoms with Gasteiger partial charge in [-0.05, 0) is 12.8 Å². The fourth-order valence-electron chi connectivity index (χ4n) is 1.32. The number of hydrogen-bond acceptors (Lipinski definition) is 3. The lowest BCUT2D eigenvalue weighted by Crippen LogP contribution is -2.59. The van der Waals surface area contributed by atoms with E-state index in [0.29, 0.717) is 6.42 Å². The maximum Gasteiger partial charge on any atom is 0.252 e. The minimum atomic E-state index is -1.31. The number of amides is 1. The van der Waals surface area contributed by atoms with Gasteiger partial charge in [0.25, 0.3) is 5.91 Å². The number of unbranched alkanes of at least 4 members (excludes halogenated alkanes) is 5. The average Bonchev–Trinajstić information content (AvgIpc) is 2.10. The van der Waals surface area contributed by atoms with Gasteiger partial charge in [0.1, 0.15) is 5.66 Å². The van der Waals surface area contributed by atoms with Gasteiger partial charge in [-0.25, -0.2) is 0 Å². The van der Waals surface area contributed by atoms with Crippen LogP contribution in [-0.4, -0.2) is 11.6 Å². The molecule has 0 aromatic carbocycles. The van der Waals surface area contributed by atoms with Gasteiger partial charge in [-0.3, -0.25) is 4.79 Å². The average molecular weight is 201 g/mol. The van der Waals surface area contributed by atoms with Crippen molar-refractivity contribution in [2.24, 2.45) is 17.2 Å². The molecule has 6 N–H and O–H groups in total. The van der Waals surface area contributed by atoms with Crippen molar-refractivity contribution in [3.8, 4) is 0 Å². The second kappa shape index (κ2) is 6.79. The molecule has 0 aromatic heterocycles. The molecule has 0 radical (unpaired) electrons. The molecular weight excluding hydrogens is 178 g/mol. The zero-order chi connectivity index (χ0) is 11.0. The van der Waals surface area contributed by atoms with Gasteiger partial charge < -0.3 is 17.2 Å². The van der Waals surface area contributed by atoms with Crippen molar-refractivity contribution >= 4 is 5.91 Å². The first kappa shape index (κ1) is 13.4. The van der Waals surface area contributed by atoms with Crippen molar-refractivity contribution in [2.75, 3.05) is 0 Å². The zero-order valence-electron chi connectivity index (χ0n) is 9.09. The van der Waals surface area contributed by atoms with Crippen molar-refractivity contribution in [1.82, 2.24) is 0 Å². The summed E-state index contributed by atoms with van der Waals surface area (Å²) in [5, 5.41) is 0. The van der Waals surface area contributed by atoms with Crippen molar-refractivity contribution in [1.29, 1.82) is 0 Å². The maximum atomic E-state index is 10.8. The zero-order valence-corrected chi connectivity index (χ0v) is 9.09. The van der Waals surface area contributed by atoms with E-state index >= 15 is 0 Å². The van der Waals surface area contributed by atoms with Crippen molar-refractivity contribution in [2.45, 2.75) is 57.5 Å². The van der Waals surface area contributed by atoms with Crippen LogP contribution < -0.4 is 17.2 Å². The van der Waals surface area contributed by atoms with Gasteiger partial charge in [0.2, 0.25) is 0 Å². The summed E-state index contributed by atoms with van der Waals surface area (Å²) in [5.41, 5.74) is 14.7. The summed E-state index contributed by atoms with van der Waals surface area (Å²) in [6.45, 7) is 2.18. The molecule has 1 amide bonds. The highest BCUT2D eigenvalue weighted by molar-refractivity contribution is 5.83. The van der Waals surface area contributed by atoms with Crippen LogP contribution in [0.2, 0.25) is 0 Å². The SMILES string of the molecule is CCCCCCCCC(N)(N)C(N)=O. The molecular formula is C10H23N3O. The lowest BCUT2D eigenvalue weighted by atomic mass is 10.0. The Morgan fingerprint density at radius 3 is 2.07 bits per heavy atom. The summed E-state index contributed by atoms with van der Waals surface area (Å²) in [6.07, 6.45) is 7.36. The minimum absolute atomic E-state index is 0.481. The topological polar surface area (TPSA) is 95.1 Å². The molecule has 0 spiro atoms. The van der Waals surface area contributed by atoms with Crippen molar-refractivity contribution < 1.29 is 4.79 Å². The first-order chi connectivity index (χ1) is 6.50. The second-order valence-corrected chi connectivity index (χ2v) is 3.92. The van der Waals surface area contributed by atoms with E-state index in [2.05, 4.69) is 6.92 Å². The first-order valence-electron chi connectivity index (χ1n) is 5.38. The summed E-state index contributed by atoms with van der Waals surface area (Å²) in [6, 6.07) is 0. The van der Waals surface area contributed by atoms with E-state index < -0.39 is 11.6 Å². The Bertz CT molecular complexity index is 169. The molecule has 0 saturated heterocycles. The van der Waals surface area contributed by atoms with Gasteiger partial charge in [0, 0.05) is 0 Å². The number of nitrogens with two attached hydrogens (primary N) is 3. The largest absolute Gasteiger partial charge is 0.367 e. The maximum absolute atomic E-state index is 10.8. The number of rotatable bonds is 8. The Kier molecular flexibility index (Phi) is 6.49. The van der Waals surface area contributed by atoms with E-state index in [0.717, 1.165) is 12.8 Å². The van der Waals surface area contributed by atoms with Crippen LogP contribution in [0.15, 0.2) is 0 Å². The van der Waals surface area contributed by atoms with Crippen LogP contribution in [0.1, 0.15) is 51.9 Å². The van der Waals surface area contributed by atoms with Gasteiger partial charge in [-0.15, -0.1) is 0 Å². The highest BCUT2D eigenvalue weighted by atomic mass is 16.1. The van der Waals surface area contributed by atoms with E-state index in [-0.39, 0.29) is 0 Å². The quantitative estimate of drug-likeness (QED) is 0.401. The van der Waals surface area contributed by atoms with Crippen LogP contribution in [0.4, 0.5) is 0 Å². The van der Waals surface area contributed by atoms with E-state index in [4.69, 9.17) is 17.2 Å². The number of primary amides is 1. The summed E-state index contributed by atoms with van der Waals surface area (Å²) in [4.78, 5) is 10.8. The molecule has 0 heterocycles. The number of carbonyl (C=O) groups is 1. The third kappa shape index (κ3) is 5.94. The van der Waals surface area contributed by atoms with Crippen molar-refractivity contribution in [3.05, 3.63) is 0 Å². The summed E-state index contributed by atoms with van der Waals surface area (Å²) < 4.78 is 0. The van der Waals surface area contributed by atoms with Crippen LogP contribution in [0.5, 0.6) is 0 Å². The van der Waals surface area contributed by atoms with Gasteiger partial charge in [-0.2, -0.15) is 0 Å². The van der Waals surface area contributed by atoms with Gasteiger partial charge in [-0.1, -0.05) is 39.0 Å². The van der Waals surface area contributed by atoms with Gasteiger partial charge in [0.05, 0.1) is 0 Å². The molecule has 0 saturated carbocycles. The number of hydrogen-bond donors (Lipinski definition) is 3. The Hall–Kier alpha value is -0.610. The second-order valence-electron chi connectivity index (χ2n) is 3.92. The van der Waals surface area contributed by atoms with Gasteiger partial charge in [0.15, 0.2) is 0 Å². The standard InChI is InChI=1S/C10H23N3O/c1-2-3-4-5-6-7-8-10(12,13)9(11)14/h2-8,12-13H2,1H3,(H2,11,14). The van der Waals surface area contributed by atoms with Crippen LogP contribution >= 0.6 is 0 Å². The molecule has 0 aliphatic carbocycles. The fraction of sp³-hybridized carbons (Fsp3) is 0.900. The Labute approximate surface area is 86.2 Å². The summed E-state index contributed by atoms with van der Waals surface area (Å²) in [7, 11) is 0. The summed E-state index contributed by atoms with van der Waals surface area (Å²) >= 11 is 0. The third-order valence-corrected chi connectivity index (χ3v) is 2.40. The predicted molar refractivity (Wildman–Crippen MR) is 58.3 cm³/mol. The molecule has 84 valence electrons. The molecule has 0 atom stereocenters. The molecule has 0 unspecified atom stereocenters. The molecule has 0 bridgehead atoms. The number of carbonyl (C=O) groups excluding carboxylic acids is 1. The van der Waals surface area contributed by atoms with E-state index in [1.165, 1.54) is 25.7 Å². The fourth-order valence-corrected chi connectivity index (χ4v) is 1.32. The van der Waals surface area contributed by atoms with Crippen LogP contribution in [0, 0.1) is 0 Å². The Morgan fingerprint density at radius 2 is 1.57 bits per heavy atom. The smallest absolute Gasteiger partial charge is 0.252 e. The van der Waals surface area contributed by atoms with Gasteiger partial charge >= 0.3 is 0 Å². The van der Waals surface area contributed by atoms with Crippen LogP contribution in [0.25, 0.3) is 0 Å².